The molecule has 0 bridgehead atoms. The molecule has 1 aromatic rings. The Balaban J connectivity index is 0.000000606. The van der Waals surface area contributed by atoms with Gasteiger partial charge in [-0.1, -0.05) is 44.2 Å². The molecule has 16 heavy (non-hydrogen) atoms. The Morgan fingerprint density at radius 3 is 2.62 bits per heavy atom. The van der Waals surface area contributed by atoms with E-state index in [9.17, 15) is 4.79 Å². The first-order valence-electron chi connectivity index (χ1n) is 6.13. The fourth-order valence-electron chi connectivity index (χ4n) is 2.02. The molecule has 0 spiro atoms. The van der Waals surface area contributed by atoms with Crippen LogP contribution in [-0.4, -0.2) is 23.8 Å². The number of benzene rings is 1. The van der Waals surface area contributed by atoms with Crippen molar-refractivity contribution < 1.29 is 4.79 Å². The molecule has 0 amide bonds. The van der Waals surface area contributed by atoms with Gasteiger partial charge >= 0.3 is 0 Å². The lowest BCUT2D eigenvalue weighted by molar-refractivity contribution is -0.111. The van der Waals surface area contributed by atoms with E-state index in [0.717, 1.165) is 32.2 Å². The van der Waals surface area contributed by atoms with E-state index in [1.54, 1.807) is 0 Å². The van der Waals surface area contributed by atoms with Crippen LogP contribution >= 0.6 is 0 Å². The fourth-order valence-corrected chi connectivity index (χ4v) is 2.02. The van der Waals surface area contributed by atoms with Gasteiger partial charge in [0.05, 0.1) is 6.04 Å². The summed E-state index contributed by atoms with van der Waals surface area (Å²) in [6.45, 7) is 5.96. The molecular formula is C14H21NO. The Morgan fingerprint density at radius 1 is 1.31 bits per heavy atom. The van der Waals surface area contributed by atoms with E-state index in [2.05, 4.69) is 17.0 Å². The molecule has 1 unspecified atom stereocenters. The van der Waals surface area contributed by atoms with Gasteiger partial charge in [0.2, 0.25) is 0 Å². The number of rotatable bonds is 3. The van der Waals surface area contributed by atoms with Crippen LogP contribution in [0.2, 0.25) is 0 Å². The zero-order valence-electron chi connectivity index (χ0n) is 10.2. The molecule has 2 nitrogen and oxygen atoms in total. The minimum Gasteiger partial charge on any atom is -0.302 e. The monoisotopic (exact) mass is 219 g/mol. The van der Waals surface area contributed by atoms with Gasteiger partial charge in [0.25, 0.3) is 0 Å². The van der Waals surface area contributed by atoms with Gasteiger partial charge in [0, 0.05) is 6.54 Å². The van der Waals surface area contributed by atoms with E-state index in [4.69, 9.17) is 0 Å². The van der Waals surface area contributed by atoms with Crippen LogP contribution in [0.5, 0.6) is 0 Å². The summed E-state index contributed by atoms with van der Waals surface area (Å²) in [7, 11) is 0. The van der Waals surface area contributed by atoms with Crippen molar-refractivity contribution >= 4 is 6.29 Å². The van der Waals surface area contributed by atoms with Crippen molar-refractivity contribution in [3.8, 4) is 0 Å². The van der Waals surface area contributed by atoms with Crippen molar-refractivity contribution in [3.63, 3.8) is 0 Å². The summed E-state index contributed by atoms with van der Waals surface area (Å²) in [6.07, 6.45) is 3.25. The lowest BCUT2D eigenvalue weighted by atomic mass is 10.2. The summed E-state index contributed by atoms with van der Waals surface area (Å²) < 4.78 is 0. The molecule has 0 N–H and O–H groups in total. The summed E-state index contributed by atoms with van der Waals surface area (Å²) in [5, 5.41) is 0. The molecule has 0 saturated carbocycles. The van der Waals surface area contributed by atoms with Crippen LogP contribution in [0, 0.1) is 0 Å². The standard InChI is InChI=1S/C12H15NO.C2H6/c14-10-12-7-4-8-13(12)9-11-5-2-1-3-6-11;1-2/h1-3,5-6,10,12H,4,7-9H2;1-2H3. The summed E-state index contributed by atoms with van der Waals surface area (Å²) >= 11 is 0. The molecule has 1 saturated heterocycles. The van der Waals surface area contributed by atoms with Crippen molar-refractivity contribution in [1.82, 2.24) is 4.90 Å². The highest BCUT2D eigenvalue weighted by atomic mass is 16.1. The summed E-state index contributed by atoms with van der Waals surface area (Å²) in [5.74, 6) is 0. The van der Waals surface area contributed by atoms with E-state index < -0.39 is 0 Å². The van der Waals surface area contributed by atoms with Gasteiger partial charge in [-0.3, -0.25) is 4.90 Å². The SMILES string of the molecule is CC.O=CC1CCCN1Cc1ccccc1. The molecular weight excluding hydrogens is 198 g/mol. The van der Waals surface area contributed by atoms with E-state index in [1.165, 1.54) is 5.56 Å². The zero-order valence-corrected chi connectivity index (χ0v) is 10.2. The molecule has 88 valence electrons. The van der Waals surface area contributed by atoms with Gasteiger partial charge in [0.1, 0.15) is 6.29 Å². The third kappa shape index (κ3) is 3.46. The number of nitrogens with zero attached hydrogens (tertiary/aromatic N) is 1. The van der Waals surface area contributed by atoms with Crippen LogP contribution in [0.3, 0.4) is 0 Å². The first kappa shape index (κ1) is 12.9. The van der Waals surface area contributed by atoms with E-state index >= 15 is 0 Å². The highest BCUT2D eigenvalue weighted by molar-refractivity contribution is 5.58. The van der Waals surface area contributed by atoms with Gasteiger partial charge in [-0.2, -0.15) is 0 Å². The first-order chi connectivity index (χ1) is 7.90. The predicted molar refractivity (Wildman–Crippen MR) is 67.3 cm³/mol. The number of hydrogen-bond donors (Lipinski definition) is 0. The van der Waals surface area contributed by atoms with Crippen molar-refractivity contribution in [2.75, 3.05) is 6.54 Å². The maximum atomic E-state index is 10.8. The molecule has 0 aromatic heterocycles. The van der Waals surface area contributed by atoms with Gasteiger partial charge in [-0.15, -0.1) is 0 Å². The minimum absolute atomic E-state index is 0.148. The van der Waals surface area contributed by atoms with Crippen LogP contribution in [0.25, 0.3) is 0 Å². The summed E-state index contributed by atoms with van der Waals surface area (Å²) in [6, 6.07) is 10.5. The van der Waals surface area contributed by atoms with Crippen LogP contribution < -0.4 is 0 Å². The third-order valence-electron chi connectivity index (χ3n) is 2.80. The molecule has 1 aliphatic heterocycles. The number of aldehydes is 1. The quantitative estimate of drug-likeness (QED) is 0.729. The molecule has 2 heteroatoms. The van der Waals surface area contributed by atoms with Crippen LogP contribution in [0.1, 0.15) is 32.3 Å². The van der Waals surface area contributed by atoms with Crippen LogP contribution in [0.4, 0.5) is 0 Å². The normalized spacial score (nSPS) is 20.0. The second-order valence-electron chi connectivity index (χ2n) is 3.80. The fraction of sp³-hybridized carbons (Fsp3) is 0.500. The second-order valence-corrected chi connectivity index (χ2v) is 3.80. The number of likely N-dealkylation sites (tertiary alicyclic amines) is 1. The molecule has 0 radical (unpaired) electrons. The van der Waals surface area contributed by atoms with Crippen molar-refractivity contribution in [2.45, 2.75) is 39.3 Å². The zero-order chi connectivity index (χ0) is 11.8. The molecule has 1 fully saturated rings. The molecule has 1 aromatic carbocycles. The molecule has 1 aliphatic rings. The van der Waals surface area contributed by atoms with E-state index in [-0.39, 0.29) is 6.04 Å². The maximum absolute atomic E-state index is 10.8. The Hall–Kier alpha value is -1.15. The van der Waals surface area contributed by atoms with E-state index in [0.29, 0.717) is 0 Å². The summed E-state index contributed by atoms with van der Waals surface area (Å²) in [5.41, 5.74) is 1.29. The number of hydrogen-bond acceptors (Lipinski definition) is 2. The Kier molecular flexibility index (Phi) is 5.79. The smallest absolute Gasteiger partial charge is 0.137 e. The lowest BCUT2D eigenvalue weighted by Gasteiger charge is -2.19. The Bertz CT molecular complexity index is 297. The highest BCUT2D eigenvalue weighted by Gasteiger charge is 2.23. The minimum atomic E-state index is 0.148. The second kappa shape index (κ2) is 7.18. The van der Waals surface area contributed by atoms with E-state index in [1.807, 2.05) is 32.0 Å². The average molecular weight is 219 g/mol. The van der Waals surface area contributed by atoms with Gasteiger partial charge in [-0.25, -0.2) is 0 Å². The highest BCUT2D eigenvalue weighted by Crippen LogP contribution is 2.18. The predicted octanol–water partition coefficient (Wildman–Crippen LogP) is 2.88. The van der Waals surface area contributed by atoms with Gasteiger partial charge in [0.15, 0.2) is 0 Å². The molecule has 0 aliphatic carbocycles. The first-order valence-corrected chi connectivity index (χ1v) is 6.13. The lowest BCUT2D eigenvalue weighted by Crippen LogP contribution is -2.29. The van der Waals surface area contributed by atoms with Crippen LogP contribution in [-0.2, 0) is 11.3 Å². The van der Waals surface area contributed by atoms with Gasteiger partial charge < -0.3 is 4.79 Å². The number of carbonyl (C=O) groups excluding carboxylic acids is 1. The van der Waals surface area contributed by atoms with Gasteiger partial charge in [-0.05, 0) is 24.9 Å². The van der Waals surface area contributed by atoms with Crippen molar-refractivity contribution in [3.05, 3.63) is 35.9 Å². The molecule has 1 atom stereocenters. The molecule has 2 rings (SSSR count). The van der Waals surface area contributed by atoms with Crippen LogP contribution in [0.15, 0.2) is 30.3 Å². The summed E-state index contributed by atoms with van der Waals surface area (Å²) in [4.78, 5) is 13.0. The van der Waals surface area contributed by atoms with Crippen molar-refractivity contribution in [1.29, 1.82) is 0 Å². The average Bonchev–Trinajstić information content (AvgIpc) is 2.80. The topological polar surface area (TPSA) is 20.3 Å². The Labute approximate surface area is 98.3 Å². The maximum Gasteiger partial charge on any atom is 0.137 e. The third-order valence-corrected chi connectivity index (χ3v) is 2.80. The number of carbonyl (C=O) groups is 1. The largest absolute Gasteiger partial charge is 0.302 e. The Morgan fingerprint density at radius 2 is 2.00 bits per heavy atom. The van der Waals surface area contributed by atoms with Crippen molar-refractivity contribution in [2.24, 2.45) is 0 Å². The molecule has 1 heterocycles.